The second-order valence-electron chi connectivity index (χ2n) is 5.28. The molecule has 0 fully saturated rings. The molecule has 0 saturated heterocycles. The third-order valence-corrected chi connectivity index (χ3v) is 2.53. The molecular formula is C15H21N3O3. The number of aryl methyl sites for hydroxylation is 1. The summed E-state index contributed by atoms with van der Waals surface area (Å²) in [6.45, 7) is -1.19. The number of ether oxygens (including phenoxy) is 2. The van der Waals surface area contributed by atoms with Gasteiger partial charge in [-0.15, -0.1) is 0 Å². The van der Waals surface area contributed by atoms with Gasteiger partial charge in [0.1, 0.15) is 11.1 Å². The predicted molar refractivity (Wildman–Crippen MR) is 81.8 cm³/mol. The Balaban J connectivity index is 2.68. The predicted octanol–water partition coefficient (Wildman–Crippen LogP) is 3.41. The van der Waals surface area contributed by atoms with E-state index in [9.17, 15) is 4.79 Å². The third-order valence-electron chi connectivity index (χ3n) is 2.53. The molecule has 0 bridgehead atoms. The molecule has 6 nitrogen and oxygen atoms in total. The number of amides is 1. The van der Waals surface area contributed by atoms with Crippen molar-refractivity contribution in [1.29, 1.82) is 0 Å². The Hall–Kier alpha value is -2.24. The molecule has 0 aliphatic carbocycles. The fraction of sp³-hybridized carbons (Fsp3) is 0.467. The van der Waals surface area contributed by atoms with E-state index in [-0.39, 0.29) is 16.6 Å². The molecule has 0 radical (unpaired) electrons. The summed E-state index contributed by atoms with van der Waals surface area (Å²) in [5.41, 5.74) is -1.22. The van der Waals surface area contributed by atoms with Crippen LogP contribution in [0.3, 0.4) is 0 Å². The minimum absolute atomic E-state index is 0.147. The van der Waals surface area contributed by atoms with E-state index in [1.54, 1.807) is 20.8 Å². The van der Waals surface area contributed by atoms with Gasteiger partial charge in [0, 0.05) is 16.0 Å². The Morgan fingerprint density at radius 1 is 1.52 bits per heavy atom. The number of anilines is 1. The number of methoxy groups -OCH3 is 1. The van der Waals surface area contributed by atoms with Crippen LogP contribution in [-0.2, 0) is 11.2 Å². The minimum atomic E-state index is -3.11. The van der Waals surface area contributed by atoms with E-state index in [2.05, 4.69) is 10.4 Å². The van der Waals surface area contributed by atoms with Crippen molar-refractivity contribution in [3.8, 4) is 5.75 Å². The smallest absolute Gasteiger partial charge is 0.412 e. The largest absolute Gasteiger partial charge is 0.492 e. The molecule has 1 aromatic heterocycles. The van der Waals surface area contributed by atoms with Crippen LogP contribution in [0.4, 0.5) is 10.5 Å². The Morgan fingerprint density at radius 3 is 3.00 bits per heavy atom. The Labute approximate surface area is 135 Å². The number of aromatic nitrogens is 2. The Bertz CT molecular complexity index is 912. The zero-order valence-corrected chi connectivity index (χ0v) is 11.9. The number of nitrogens with one attached hydrogen (secondary N) is 1. The number of benzene rings is 1. The van der Waals surface area contributed by atoms with Gasteiger partial charge in [-0.05, 0) is 39.8 Å². The zero-order valence-electron chi connectivity index (χ0n) is 19.9. The number of hydrogen-bond acceptors (Lipinski definition) is 4. The highest BCUT2D eigenvalue weighted by Crippen LogP contribution is 2.33. The maximum absolute atomic E-state index is 12.1. The van der Waals surface area contributed by atoms with E-state index in [0.717, 1.165) is 0 Å². The molecule has 2 aromatic rings. The van der Waals surface area contributed by atoms with Crippen LogP contribution in [-0.4, -0.2) is 28.5 Å². The van der Waals surface area contributed by atoms with Crippen molar-refractivity contribution < 1.29 is 25.2 Å². The van der Waals surface area contributed by atoms with Crippen molar-refractivity contribution in [3.05, 3.63) is 18.3 Å². The van der Waals surface area contributed by atoms with Gasteiger partial charge >= 0.3 is 6.09 Å². The second kappa shape index (κ2) is 5.63. The van der Waals surface area contributed by atoms with Crippen LogP contribution in [0.5, 0.6) is 5.75 Å². The van der Waals surface area contributed by atoms with Gasteiger partial charge in [0.2, 0.25) is 0 Å². The zero-order chi connectivity index (χ0) is 22.4. The van der Waals surface area contributed by atoms with Gasteiger partial charge in [0.15, 0.2) is 5.75 Å². The minimum Gasteiger partial charge on any atom is -0.492 e. The van der Waals surface area contributed by atoms with Gasteiger partial charge in [-0.2, -0.15) is 5.10 Å². The number of carbonyl (C=O) groups excluding carboxylic acids is 1. The number of hydrogen-bond donors (Lipinski definition) is 1. The summed E-state index contributed by atoms with van der Waals surface area (Å²) in [4.78, 5) is 12.1. The SMILES string of the molecule is [2H]C([2H])([2H])Oc1c(NC(=O)OC(C)(C)C)ccc2cnn(C([2H])([2H])C([2H])([2H])[2H])c12. The van der Waals surface area contributed by atoms with Crippen LogP contribution in [0.15, 0.2) is 18.3 Å². The maximum Gasteiger partial charge on any atom is 0.412 e. The lowest BCUT2D eigenvalue weighted by molar-refractivity contribution is 0.0635. The lowest BCUT2D eigenvalue weighted by atomic mass is 10.2. The van der Waals surface area contributed by atoms with Crippen LogP contribution < -0.4 is 10.1 Å². The van der Waals surface area contributed by atoms with E-state index in [1.165, 1.54) is 18.3 Å². The van der Waals surface area contributed by atoms with E-state index in [0.29, 0.717) is 4.68 Å². The molecule has 0 saturated carbocycles. The monoisotopic (exact) mass is 299 g/mol. The molecule has 0 aliphatic heterocycles. The molecule has 1 amide bonds. The van der Waals surface area contributed by atoms with Gasteiger partial charge in [0.05, 0.1) is 25.8 Å². The topological polar surface area (TPSA) is 65.4 Å². The third kappa shape index (κ3) is 3.26. The number of nitrogens with zero attached hydrogens (tertiary/aromatic N) is 2. The first kappa shape index (κ1) is 7.68. The van der Waals surface area contributed by atoms with Crippen molar-refractivity contribution in [2.45, 2.75) is 39.7 Å². The lowest BCUT2D eigenvalue weighted by Crippen LogP contribution is -2.27. The summed E-state index contributed by atoms with van der Waals surface area (Å²) >= 11 is 0. The highest BCUT2D eigenvalue weighted by molar-refractivity contribution is 5.96. The second-order valence-corrected chi connectivity index (χ2v) is 5.28. The Morgan fingerprint density at radius 2 is 2.33 bits per heavy atom. The summed E-state index contributed by atoms with van der Waals surface area (Å²) in [7, 11) is -2.97. The highest BCUT2D eigenvalue weighted by atomic mass is 16.6. The van der Waals surface area contributed by atoms with Gasteiger partial charge in [-0.25, -0.2) is 4.79 Å². The lowest BCUT2D eigenvalue weighted by Gasteiger charge is -2.20. The average molecular weight is 299 g/mol. The first-order valence-corrected chi connectivity index (χ1v) is 6.13. The van der Waals surface area contributed by atoms with E-state index in [4.69, 9.17) is 20.4 Å². The fourth-order valence-electron chi connectivity index (χ4n) is 1.79. The maximum atomic E-state index is 12.1. The fourth-order valence-corrected chi connectivity index (χ4v) is 1.79. The van der Waals surface area contributed by atoms with Crippen LogP contribution in [0.1, 0.15) is 38.6 Å². The molecule has 1 N–H and O–H groups in total. The van der Waals surface area contributed by atoms with Crippen molar-refractivity contribution in [1.82, 2.24) is 9.78 Å². The van der Waals surface area contributed by atoms with Crippen molar-refractivity contribution in [3.63, 3.8) is 0 Å². The molecule has 0 spiro atoms. The molecule has 1 heterocycles. The summed E-state index contributed by atoms with van der Waals surface area (Å²) in [6.07, 6.45) is 0.264. The van der Waals surface area contributed by atoms with Crippen molar-refractivity contribution in [2.75, 3.05) is 12.4 Å². The first-order chi connectivity index (χ1) is 12.9. The first-order valence-electron chi connectivity index (χ1n) is 10.1. The normalized spacial score (nSPS) is 19.0. The van der Waals surface area contributed by atoms with Crippen molar-refractivity contribution in [2.24, 2.45) is 0 Å². The molecule has 0 atom stereocenters. The standard InChI is InChI=1S/C15H21N3O3/c1-6-18-12-10(9-16-18)7-8-11(13(12)20-5)17-14(19)21-15(2,3)4/h7-9H,6H2,1-5H3,(H,17,19)/i1D3,5D3,6D2. The molecule has 21 heavy (non-hydrogen) atoms. The van der Waals surface area contributed by atoms with E-state index >= 15 is 0 Å². The van der Waals surface area contributed by atoms with E-state index < -0.39 is 37.8 Å². The van der Waals surface area contributed by atoms with Gasteiger partial charge in [-0.1, -0.05) is 0 Å². The van der Waals surface area contributed by atoms with Gasteiger partial charge in [-0.3, -0.25) is 10.00 Å². The summed E-state index contributed by atoms with van der Waals surface area (Å²) in [6, 6.07) is 2.73. The van der Waals surface area contributed by atoms with Crippen LogP contribution >= 0.6 is 0 Å². The van der Waals surface area contributed by atoms with Crippen LogP contribution in [0.25, 0.3) is 10.9 Å². The van der Waals surface area contributed by atoms with Crippen LogP contribution in [0.2, 0.25) is 0 Å². The number of rotatable bonds is 3. The van der Waals surface area contributed by atoms with Crippen molar-refractivity contribution >= 4 is 22.7 Å². The molecule has 114 valence electrons. The van der Waals surface area contributed by atoms with Crippen LogP contribution in [0, 0.1) is 0 Å². The number of carbonyl (C=O) groups is 1. The van der Waals surface area contributed by atoms with Gasteiger partial charge in [0.25, 0.3) is 0 Å². The highest BCUT2D eigenvalue weighted by Gasteiger charge is 2.19. The molecule has 2 rings (SSSR count). The summed E-state index contributed by atoms with van der Waals surface area (Å²) in [5.74, 6) is -0.459. The molecule has 1 aromatic carbocycles. The Kier molecular flexibility index (Phi) is 2.06. The van der Waals surface area contributed by atoms with E-state index in [1.807, 2.05) is 0 Å². The molecule has 6 heteroatoms. The molecular weight excluding hydrogens is 270 g/mol. The summed E-state index contributed by atoms with van der Waals surface area (Å²) in [5, 5.41) is 6.34. The van der Waals surface area contributed by atoms with Gasteiger partial charge < -0.3 is 9.47 Å². The molecule has 0 unspecified atom stereocenters. The summed E-state index contributed by atoms with van der Waals surface area (Å²) < 4.78 is 71.2. The molecule has 0 aliphatic rings. The average Bonchev–Trinajstić information content (AvgIpc) is 2.90. The number of fused-ring (bicyclic) bond motifs is 1. The quantitative estimate of drug-likeness (QED) is 0.943.